The number of benzene rings is 1. The molecule has 1 N–H and O–H groups in total. The van der Waals surface area contributed by atoms with Crippen LogP contribution in [0, 0.1) is 5.82 Å². The number of aromatic nitrogens is 2. The average Bonchev–Trinajstić information content (AvgIpc) is 3.24. The number of sulfonamides is 1. The molecule has 2 aromatic rings. The van der Waals surface area contributed by atoms with E-state index in [1.165, 1.54) is 23.5 Å². The van der Waals surface area contributed by atoms with Gasteiger partial charge in [0.25, 0.3) is 0 Å². The van der Waals surface area contributed by atoms with Crippen LogP contribution in [0.1, 0.15) is 29.4 Å². The minimum atomic E-state index is -3.89. The number of methoxy groups -OCH3 is 1. The number of hydrogen-bond donors (Lipinski definition) is 1. The van der Waals surface area contributed by atoms with Gasteiger partial charge < -0.3 is 15.0 Å². The minimum Gasteiger partial charge on any atom is -0.495 e. The minimum absolute atomic E-state index is 0.114. The van der Waals surface area contributed by atoms with Crippen LogP contribution in [-0.4, -0.2) is 68.4 Å². The van der Waals surface area contributed by atoms with Crippen LogP contribution in [0.15, 0.2) is 23.1 Å². The fourth-order valence-electron chi connectivity index (χ4n) is 4.11. The number of fused-ring (bicyclic) bond motifs is 1. The summed E-state index contributed by atoms with van der Waals surface area (Å²) in [7, 11) is 1.38. The van der Waals surface area contributed by atoms with Crippen molar-refractivity contribution in [2.45, 2.75) is 30.2 Å². The summed E-state index contributed by atoms with van der Waals surface area (Å²) < 4.78 is 46.6. The number of ether oxygens (including phenoxy) is 1. The predicted molar refractivity (Wildman–Crippen MR) is 111 cm³/mol. The summed E-state index contributed by atoms with van der Waals surface area (Å²) in [5, 5.41) is 3.16. The summed E-state index contributed by atoms with van der Waals surface area (Å²) in [6.45, 7) is 2.29. The van der Waals surface area contributed by atoms with Gasteiger partial charge >= 0.3 is 0 Å². The Balaban J connectivity index is 1.62. The lowest BCUT2D eigenvalue weighted by Gasteiger charge is -2.26. The molecule has 0 amide bonds. The number of anilines is 1. The van der Waals surface area contributed by atoms with E-state index in [4.69, 9.17) is 14.7 Å². The van der Waals surface area contributed by atoms with Gasteiger partial charge in [0.15, 0.2) is 0 Å². The van der Waals surface area contributed by atoms with E-state index >= 15 is 0 Å². The molecular formula is C20H26FN5O3S. The van der Waals surface area contributed by atoms with Gasteiger partial charge in [-0.2, -0.15) is 4.31 Å². The fraction of sp³-hybridized carbons (Fsp3) is 0.500. The molecule has 2 aliphatic rings. The summed E-state index contributed by atoms with van der Waals surface area (Å²) in [5.74, 6) is 0.857. The first-order valence-electron chi connectivity index (χ1n) is 9.93. The summed E-state index contributed by atoms with van der Waals surface area (Å²) in [6, 6.07) is 3.52. The Morgan fingerprint density at radius 1 is 1.27 bits per heavy atom. The average molecular weight is 436 g/mol. The van der Waals surface area contributed by atoms with Gasteiger partial charge in [-0.05, 0) is 31.7 Å². The molecule has 1 atom stereocenters. The van der Waals surface area contributed by atoms with E-state index in [1.54, 1.807) is 0 Å². The lowest BCUT2D eigenvalue weighted by atomic mass is 10.0. The normalized spacial score (nSPS) is 20.2. The van der Waals surface area contributed by atoms with Crippen LogP contribution in [0.3, 0.4) is 0 Å². The van der Waals surface area contributed by atoms with Crippen molar-refractivity contribution in [1.29, 1.82) is 0 Å². The quantitative estimate of drug-likeness (QED) is 0.767. The van der Waals surface area contributed by atoms with Gasteiger partial charge in [-0.3, -0.25) is 0 Å². The van der Waals surface area contributed by atoms with Crippen molar-refractivity contribution < 1.29 is 17.5 Å². The van der Waals surface area contributed by atoms with Crippen LogP contribution in [0.25, 0.3) is 0 Å². The predicted octanol–water partition coefficient (Wildman–Crippen LogP) is 1.83. The lowest BCUT2D eigenvalue weighted by Crippen LogP contribution is -2.30. The standard InChI is InChI=1S/C20H26FN5O3S/c1-22-20-15-12-25(2)8-7-16(15)23-19(24-20)13-6-9-26(11-13)30(27,28)18-10-14(21)4-5-17(18)29-3/h4-5,10,13H,6-9,11-12H2,1-3H3,(H,22,23,24). The summed E-state index contributed by atoms with van der Waals surface area (Å²) in [6.07, 6.45) is 1.45. The maximum atomic E-state index is 13.7. The molecule has 10 heteroatoms. The topological polar surface area (TPSA) is 87.7 Å². The zero-order valence-electron chi connectivity index (χ0n) is 17.4. The zero-order valence-corrected chi connectivity index (χ0v) is 18.2. The Kier molecular flexibility index (Phi) is 5.65. The molecule has 1 unspecified atom stereocenters. The second-order valence-electron chi connectivity index (χ2n) is 7.74. The Labute approximate surface area is 176 Å². The van der Waals surface area contributed by atoms with Crippen molar-refractivity contribution >= 4 is 15.8 Å². The number of nitrogens with one attached hydrogen (secondary N) is 1. The molecule has 4 rings (SSSR count). The smallest absolute Gasteiger partial charge is 0.246 e. The van der Waals surface area contributed by atoms with Gasteiger partial charge in [-0.15, -0.1) is 0 Å². The first kappa shape index (κ1) is 21.0. The third kappa shape index (κ3) is 3.75. The van der Waals surface area contributed by atoms with Gasteiger partial charge in [0.2, 0.25) is 10.0 Å². The van der Waals surface area contributed by atoms with E-state index in [2.05, 4.69) is 17.3 Å². The first-order valence-corrected chi connectivity index (χ1v) is 11.4. The third-order valence-electron chi connectivity index (χ3n) is 5.76. The molecule has 0 bridgehead atoms. The fourth-order valence-corrected chi connectivity index (χ4v) is 5.77. The molecule has 8 nitrogen and oxygen atoms in total. The highest BCUT2D eigenvalue weighted by Crippen LogP contribution is 2.34. The molecule has 0 spiro atoms. The van der Waals surface area contributed by atoms with Crippen molar-refractivity contribution in [3.8, 4) is 5.75 Å². The molecule has 1 aromatic heterocycles. The number of rotatable bonds is 5. The van der Waals surface area contributed by atoms with E-state index in [0.29, 0.717) is 18.8 Å². The summed E-state index contributed by atoms with van der Waals surface area (Å²) in [5.41, 5.74) is 2.12. The largest absolute Gasteiger partial charge is 0.495 e. The van der Waals surface area contributed by atoms with Crippen molar-refractivity contribution in [2.24, 2.45) is 0 Å². The molecular weight excluding hydrogens is 409 g/mol. The van der Waals surface area contributed by atoms with Crippen molar-refractivity contribution in [3.63, 3.8) is 0 Å². The molecule has 1 aromatic carbocycles. The molecule has 2 aliphatic heterocycles. The Morgan fingerprint density at radius 3 is 2.80 bits per heavy atom. The molecule has 162 valence electrons. The Morgan fingerprint density at radius 2 is 2.07 bits per heavy atom. The summed E-state index contributed by atoms with van der Waals surface area (Å²) in [4.78, 5) is 11.6. The maximum absolute atomic E-state index is 13.7. The number of nitrogens with zero attached hydrogens (tertiary/aromatic N) is 4. The molecule has 1 saturated heterocycles. The monoisotopic (exact) mass is 435 g/mol. The third-order valence-corrected chi connectivity index (χ3v) is 7.65. The van der Waals surface area contributed by atoms with Crippen LogP contribution in [0.4, 0.5) is 10.2 Å². The van der Waals surface area contributed by atoms with E-state index in [0.717, 1.165) is 42.7 Å². The molecule has 0 aliphatic carbocycles. The second-order valence-corrected chi connectivity index (χ2v) is 9.64. The first-order chi connectivity index (χ1) is 14.3. The van der Waals surface area contributed by atoms with E-state index in [9.17, 15) is 12.8 Å². The van der Waals surface area contributed by atoms with Gasteiger partial charge in [0.05, 0.1) is 12.8 Å². The van der Waals surface area contributed by atoms with E-state index in [1.807, 2.05) is 7.05 Å². The van der Waals surface area contributed by atoms with Crippen molar-refractivity contribution in [2.75, 3.05) is 46.2 Å². The van der Waals surface area contributed by atoms with Gasteiger partial charge in [0.1, 0.15) is 28.1 Å². The van der Waals surface area contributed by atoms with E-state index < -0.39 is 15.8 Å². The lowest BCUT2D eigenvalue weighted by molar-refractivity contribution is 0.309. The van der Waals surface area contributed by atoms with Gasteiger partial charge in [-0.25, -0.2) is 22.8 Å². The highest BCUT2D eigenvalue weighted by Gasteiger charge is 2.37. The van der Waals surface area contributed by atoms with Crippen LogP contribution in [-0.2, 0) is 23.0 Å². The molecule has 0 radical (unpaired) electrons. The maximum Gasteiger partial charge on any atom is 0.246 e. The van der Waals surface area contributed by atoms with Crippen LogP contribution < -0.4 is 10.1 Å². The highest BCUT2D eigenvalue weighted by atomic mass is 32.2. The Hall–Kier alpha value is -2.30. The Bertz CT molecular complexity index is 1050. The number of hydrogen-bond acceptors (Lipinski definition) is 7. The number of halogens is 1. The van der Waals surface area contributed by atoms with Crippen LogP contribution in [0.2, 0.25) is 0 Å². The number of likely N-dealkylation sites (N-methyl/N-ethyl adjacent to an activating group) is 1. The van der Waals surface area contributed by atoms with Crippen molar-refractivity contribution in [1.82, 2.24) is 19.2 Å². The SMILES string of the molecule is CNc1nc(C2CCN(S(=O)(=O)c3cc(F)ccc3OC)C2)nc2c1CN(C)CC2. The highest BCUT2D eigenvalue weighted by molar-refractivity contribution is 7.89. The zero-order chi connectivity index (χ0) is 21.5. The van der Waals surface area contributed by atoms with Crippen molar-refractivity contribution in [3.05, 3.63) is 41.1 Å². The summed E-state index contributed by atoms with van der Waals surface area (Å²) >= 11 is 0. The molecule has 3 heterocycles. The van der Waals surface area contributed by atoms with Crippen LogP contribution >= 0.6 is 0 Å². The van der Waals surface area contributed by atoms with E-state index in [-0.39, 0.29) is 23.1 Å². The second kappa shape index (κ2) is 8.09. The molecule has 1 fully saturated rings. The van der Waals surface area contributed by atoms with Gasteiger partial charge in [0, 0.05) is 51.1 Å². The van der Waals surface area contributed by atoms with Crippen LogP contribution in [0.5, 0.6) is 5.75 Å². The molecule has 0 saturated carbocycles. The molecule has 30 heavy (non-hydrogen) atoms. The van der Waals surface area contributed by atoms with Gasteiger partial charge in [-0.1, -0.05) is 0 Å².